The molecular formula is C31H39N3O3S. The van der Waals surface area contributed by atoms with Gasteiger partial charge in [0.1, 0.15) is 0 Å². The van der Waals surface area contributed by atoms with Crippen LogP contribution in [-0.2, 0) is 0 Å². The molecule has 1 saturated carbocycles. The van der Waals surface area contributed by atoms with E-state index in [9.17, 15) is 4.79 Å². The summed E-state index contributed by atoms with van der Waals surface area (Å²) in [5.41, 5.74) is 3.47. The molecule has 38 heavy (non-hydrogen) atoms. The van der Waals surface area contributed by atoms with Crippen LogP contribution in [0, 0.1) is 12.8 Å². The van der Waals surface area contributed by atoms with Gasteiger partial charge in [0, 0.05) is 41.3 Å². The van der Waals surface area contributed by atoms with Gasteiger partial charge in [-0.1, -0.05) is 31.4 Å². The summed E-state index contributed by atoms with van der Waals surface area (Å²) in [6.07, 6.45) is 9.08. The van der Waals surface area contributed by atoms with Crippen molar-refractivity contribution in [3.05, 3.63) is 58.4 Å². The van der Waals surface area contributed by atoms with Crippen LogP contribution < -0.4 is 14.4 Å². The summed E-state index contributed by atoms with van der Waals surface area (Å²) in [7, 11) is 3.21. The van der Waals surface area contributed by atoms with Crippen LogP contribution in [0.15, 0.2) is 47.8 Å². The summed E-state index contributed by atoms with van der Waals surface area (Å²) in [5, 5.41) is 3.12. The van der Waals surface area contributed by atoms with Gasteiger partial charge in [-0.25, -0.2) is 4.98 Å². The Bertz CT molecular complexity index is 1240. The van der Waals surface area contributed by atoms with E-state index in [4.69, 9.17) is 9.47 Å². The molecule has 1 atom stereocenters. The summed E-state index contributed by atoms with van der Waals surface area (Å²) in [6, 6.07) is 14.0. The lowest BCUT2D eigenvalue weighted by Gasteiger charge is -2.34. The van der Waals surface area contributed by atoms with Gasteiger partial charge in [0.2, 0.25) is 0 Å². The standard InChI is InChI=1S/C31H39N3O3S/c1-22-32-28(21-38-22)24-11-7-12-26(17-24)34(31(35)25-14-15-29(36-2)30(18-25)37-3)20-27-13-8-16-33(27)19-23-9-5-4-6-10-23/h7,11-12,14-15,17-18,21,23,27H,4-6,8-10,13,16,19-20H2,1-3H3. The number of anilines is 1. The minimum Gasteiger partial charge on any atom is -0.493 e. The van der Waals surface area contributed by atoms with Gasteiger partial charge in [-0.3, -0.25) is 9.69 Å². The van der Waals surface area contributed by atoms with Crippen molar-refractivity contribution in [2.75, 3.05) is 38.8 Å². The first-order valence-corrected chi connectivity index (χ1v) is 14.7. The normalized spacial score (nSPS) is 18.4. The maximum absolute atomic E-state index is 14.1. The van der Waals surface area contributed by atoms with E-state index < -0.39 is 0 Å². The Kier molecular flexibility index (Phi) is 8.65. The van der Waals surface area contributed by atoms with Crippen LogP contribution in [0.5, 0.6) is 11.5 Å². The van der Waals surface area contributed by atoms with Gasteiger partial charge in [-0.2, -0.15) is 0 Å². The smallest absolute Gasteiger partial charge is 0.258 e. The number of benzene rings is 2. The van der Waals surface area contributed by atoms with Crippen molar-refractivity contribution in [2.45, 2.75) is 57.9 Å². The van der Waals surface area contributed by atoms with Crippen LogP contribution in [0.1, 0.15) is 60.3 Å². The van der Waals surface area contributed by atoms with E-state index in [-0.39, 0.29) is 5.91 Å². The molecule has 1 unspecified atom stereocenters. The summed E-state index contributed by atoms with van der Waals surface area (Å²) < 4.78 is 10.9. The van der Waals surface area contributed by atoms with E-state index in [1.165, 1.54) is 38.5 Å². The van der Waals surface area contributed by atoms with E-state index in [0.29, 0.717) is 29.6 Å². The van der Waals surface area contributed by atoms with Crippen molar-refractivity contribution in [3.63, 3.8) is 0 Å². The lowest BCUT2D eigenvalue weighted by molar-refractivity contribution is 0.0975. The zero-order chi connectivity index (χ0) is 26.5. The second-order valence-electron chi connectivity index (χ2n) is 10.6. The number of hydrogen-bond acceptors (Lipinski definition) is 6. The number of methoxy groups -OCH3 is 2. The topological polar surface area (TPSA) is 54.9 Å². The largest absolute Gasteiger partial charge is 0.493 e. The van der Waals surface area contributed by atoms with Crippen LogP contribution in [0.2, 0.25) is 0 Å². The number of thiazole rings is 1. The highest BCUT2D eigenvalue weighted by Gasteiger charge is 2.31. The number of aromatic nitrogens is 1. The van der Waals surface area contributed by atoms with Crippen molar-refractivity contribution in [2.24, 2.45) is 5.92 Å². The molecule has 1 amide bonds. The summed E-state index contributed by atoms with van der Waals surface area (Å²) in [5.74, 6) is 1.94. The molecule has 1 aliphatic heterocycles. The molecule has 0 radical (unpaired) electrons. The SMILES string of the molecule is COc1ccc(C(=O)N(CC2CCCN2CC2CCCCC2)c2cccc(-c3csc(C)n3)c2)cc1OC. The molecule has 2 heterocycles. The number of aryl methyl sites for hydroxylation is 1. The fourth-order valence-electron chi connectivity index (χ4n) is 6.01. The van der Waals surface area contributed by atoms with Gasteiger partial charge in [0.15, 0.2) is 11.5 Å². The molecule has 1 saturated heterocycles. The van der Waals surface area contributed by atoms with Crippen LogP contribution in [0.25, 0.3) is 11.3 Å². The lowest BCUT2D eigenvalue weighted by atomic mass is 9.89. The first-order valence-electron chi connectivity index (χ1n) is 13.9. The van der Waals surface area contributed by atoms with Gasteiger partial charge < -0.3 is 14.4 Å². The average molecular weight is 534 g/mol. The van der Waals surface area contributed by atoms with Crippen LogP contribution in [-0.4, -0.2) is 55.7 Å². The van der Waals surface area contributed by atoms with E-state index in [1.54, 1.807) is 31.6 Å². The summed E-state index contributed by atoms with van der Waals surface area (Å²) >= 11 is 1.64. The third-order valence-corrected chi connectivity index (χ3v) is 8.83. The molecule has 5 rings (SSSR count). The molecule has 3 aromatic rings. The van der Waals surface area contributed by atoms with Crippen molar-refractivity contribution in [3.8, 4) is 22.8 Å². The number of amides is 1. The molecule has 7 heteroatoms. The minimum atomic E-state index is -0.0259. The number of carbonyl (C=O) groups excluding carboxylic acids is 1. The molecule has 1 aliphatic carbocycles. The Morgan fingerprint density at radius 2 is 1.84 bits per heavy atom. The lowest BCUT2D eigenvalue weighted by Crippen LogP contribution is -2.45. The highest BCUT2D eigenvalue weighted by atomic mass is 32.1. The Morgan fingerprint density at radius 1 is 1.03 bits per heavy atom. The highest BCUT2D eigenvalue weighted by Crippen LogP contribution is 2.33. The fourth-order valence-corrected chi connectivity index (χ4v) is 6.64. The summed E-state index contributed by atoms with van der Waals surface area (Å²) in [4.78, 5) is 23.4. The van der Waals surface area contributed by atoms with Gasteiger partial charge >= 0.3 is 0 Å². The quantitative estimate of drug-likeness (QED) is 0.302. The first-order chi connectivity index (χ1) is 18.6. The monoisotopic (exact) mass is 533 g/mol. The number of hydrogen-bond donors (Lipinski definition) is 0. The van der Waals surface area contributed by atoms with Gasteiger partial charge in [0.05, 0.1) is 24.9 Å². The second kappa shape index (κ2) is 12.3. The van der Waals surface area contributed by atoms with Crippen molar-refractivity contribution in [1.29, 1.82) is 0 Å². The number of carbonyl (C=O) groups is 1. The zero-order valence-corrected chi connectivity index (χ0v) is 23.6. The van der Waals surface area contributed by atoms with E-state index >= 15 is 0 Å². The van der Waals surface area contributed by atoms with Crippen molar-refractivity contribution < 1.29 is 14.3 Å². The van der Waals surface area contributed by atoms with E-state index in [2.05, 4.69) is 27.4 Å². The number of ether oxygens (including phenoxy) is 2. The maximum atomic E-state index is 14.1. The molecule has 0 bridgehead atoms. The molecular weight excluding hydrogens is 494 g/mol. The van der Waals surface area contributed by atoms with Crippen LogP contribution in [0.3, 0.4) is 0 Å². The molecule has 6 nitrogen and oxygen atoms in total. The molecule has 202 valence electrons. The van der Waals surface area contributed by atoms with Gasteiger partial charge in [0.25, 0.3) is 5.91 Å². The fraction of sp³-hybridized carbons (Fsp3) is 0.484. The van der Waals surface area contributed by atoms with Crippen LogP contribution in [0.4, 0.5) is 5.69 Å². The van der Waals surface area contributed by atoms with Crippen LogP contribution >= 0.6 is 11.3 Å². The Morgan fingerprint density at radius 3 is 2.58 bits per heavy atom. The molecule has 2 aliphatic rings. The molecule has 2 aromatic carbocycles. The minimum absolute atomic E-state index is 0.0259. The van der Waals surface area contributed by atoms with Crippen molar-refractivity contribution in [1.82, 2.24) is 9.88 Å². The predicted octanol–water partition coefficient (Wildman–Crippen LogP) is 6.83. The summed E-state index contributed by atoms with van der Waals surface area (Å²) in [6.45, 7) is 4.96. The van der Waals surface area contributed by atoms with Gasteiger partial charge in [-0.05, 0) is 75.4 Å². The Hall–Kier alpha value is -2.90. The van der Waals surface area contributed by atoms with E-state index in [0.717, 1.165) is 47.4 Å². The third kappa shape index (κ3) is 6.05. The predicted molar refractivity (Wildman–Crippen MR) is 155 cm³/mol. The number of nitrogens with zero attached hydrogens (tertiary/aromatic N) is 3. The number of likely N-dealkylation sites (tertiary alicyclic amines) is 1. The second-order valence-corrected chi connectivity index (χ2v) is 11.6. The molecule has 0 N–H and O–H groups in total. The molecule has 1 aromatic heterocycles. The maximum Gasteiger partial charge on any atom is 0.258 e. The highest BCUT2D eigenvalue weighted by molar-refractivity contribution is 7.09. The Balaban J connectivity index is 1.45. The third-order valence-electron chi connectivity index (χ3n) is 8.06. The zero-order valence-electron chi connectivity index (χ0n) is 22.8. The first kappa shape index (κ1) is 26.7. The molecule has 2 fully saturated rings. The van der Waals surface area contributed by atoms with Crippen molar-refractivity contribution >= 4 is 22.9 Å². The molecule has 0 spiro atoms. The Labute approximate surface area is 230 Å². The average Bonchev–Trinajstić information content (AvgIpc) is 3.60. The number of rotatable bonds is 9. The van der Waals surface area contributed by atoms with E-state index in [1.807, 2.05) is 36.1 Å². The van der Waals surface area contributed by atoms with Gasteiger partial charge in [-0.15, -0.1) is 11.3 Å².